The zero-order chi connectivity index (χ0) is 24.0. The number of carbonyl (C=O) groups is 3. The number of hydrogen-bond donors (Lipinski definition) is 0. The molecule has 1 saturated carbocycles. The molecule has 0 bridgehead atoms. The number of esters is 3. The Morgan fingerprint density at radius 3 is 2.50 bits per heavy atom. The van der Waals surface area contributed by atoms with E-state index in [1.807, 2.05) is 0 Å². The van der Waals surface area contributed by atoms with E-state index in [0.29, 0.717) is 16.7 Å². The summed E-state index contributed by atoms with van der Waals surface area (Å²) in [6, 6.07) is 8.48. The van der Waals surface area contributed by atoms with E-state index in [2.05, 4.69) is 15.0 Å². The van der Waals surface area contributed by atoms with Crippen LogP contribution < -0.4 is 0 Å². The Labute approximate surface area is 197 Å². The van der Waals surface area contributed by atoms with Crippen LogP contribution in [0.4, 0.5) is 0 Å². The van der Waals surface area contributed by atoms with Crippen LogP contribution in [0.5, 0.6) is 0 Å². The van der Waals surface area contributed by atoms with Crippen molar-refractivity contribution in [2.45, 2.75) is 50.4 Å². The van der Waals surface area contributed by atoms with Crippen LogP contribution in [0.25, 0.3) is 11.2 Å². The molecule has 2 aromatic heterocycles. The van der Waals surface area contributed by atoms with Gasteiger partial charge in [-0.1, -0.05) is 29.8 Å². The highest BCUT2D eigenvalue weighted by molar-refractivity contribution is 6.33. The number of fused-ring (bicyclic) bond motifs is 1. The normalized spacial score (nSPS) is 27.5. The molecule has 1 aromatic carbocycles. The molecule has 1 spiro atoms. The maximum atomic E-state index is 12.6. The summed E-state index contributed by atoms with van der Waals surface area (Å²) in [5.41, 5.74) is -0.193. The van der Waals surface area contributed by atoms with Crippen LogP contribution >= 0.6 is 11.6 Å². The fourth-order valence-electron chi connectivity index (χ4n) is 4.24. The number of hydrogen-bond acceptors (Lipinski definition) is 10. The zero-order valence-corrected chi connectivity index (χ0v) is 18.8. The van der Waals surface area contributed by atoms with E-state index in [0.717, 1.165) is 0 Å². The topological polar surface area (TPSA) is 132 Å². The molecule has 5 atom stereocenters. The minimum Gasteiger partial charge on any atom is -0.455 e. The van der Waals surface area contributed by atoms with Crippen molar-refractivity contribution in [3.05, 3.63) is 53.7 Å². The van der Waals surface area contributed by atoms with E-state index in [9.17, 15) is 14.4 Å². The van der Waals surface area contributed by atoms with E-state index < -0.39 is 48.0 Å². The number of nitrogens with zero attached hydrogens (tertiary/aromatic N) is 4. The second kappa shape index (κ2) is 8.33. The van der Waals surface area contributed by atoms with Gasteiger partial charge in [0.15, 0.2) is 34.8 Å². The van der Waals surface area contributed by atoms with Crippen LogP contribution in [-0.4, -0.2) is 61.3 Å². The van der Waals surface area contributed by atoms with Gasteiger partial charge in [-0.15, -0.1) is 0 Å². The molecular formula is C22H19ClN4O7. The van der Waals surface area contributed by atoms with E-state index in [1.165, 1.54) is 31.1 Å². The van der Waals surface area contributed by atoms with Crippen molar-refractivity contribution in [2.75, 3.05) is 0 Å². The highest BCUT2D eigenvalue weighted by Crippen LogP contribution is 2.57. The fraction of sp³-hybridized carbons (Fsp3) is 0.364. The lowest BCUT2D eigenvalue weighted by Gasteiger charge is -2.24. The summed E-state index contributed by atoms with van der Waals surface area (Å²) < 4.78 is 24.6. The minimum atomic E-state index is -1.21. The first-order chi connectivity index (χ1) is 16.3. The van der Waals surface area contributed by atoms with Gasteiger partial charge in [-0.05, 0) is 12.1 Å². The molecule has 11 nitrogen and oxygen atoms in total. The Bertz CT molecular complexity index is 1280. The second-order valence-corrected chi connectivity index (χ2v) is 8.38. The summed E-state index contributed by atoms with van der Waals surface area (Å²) in [5.74, 6) is -1.76. The van der Waals surface area contributed by atoms with Gasteiger partial charge >= 0.3 is 17.9 Å². The molecule has 1 aliphatic carbocycles. The minimum absolute atomic E-state index is 0.137. The molecule has 2 aliphatic rings. The summed E-state index contributed by atoms with van der Waals surface area (Å²) in [6.45, 7) is 2.47. The van der Waals surface area contributed by atoms with Gasteiger partial charge in [0.05, 0.1) is 11.9 Å². The van der Waals surface area contributed by atoms with Gasteiger partial charge in [0.2, 0.25) is 0 Å². The van der Waals surface area contributed by atoms with Gasteiger partial charge in [0, 0.05) is 20.3 Å². The SMILES string of the molecule is CC(=O)OC1C(n2cnc3c(Cl)ncnc32)O[C@@]2(C[C@H]2OC(=O)c2ccccc2)[C@@H]1OC(C)=O. The molecule has 3 aromatic rings. The van der Waals surface area contributed by atoms with Crippen molar-refractivity contribution in [1.82, 2.24) is 19.5 Å². The van der Waals surface area contributed by atoms with E-state index in [4.69, 9.17) is 30.5 Å². The monoisotopic (exact) mass is 486 g/mol. The Kier molecular flexibility index (Phi) is 5.45. The van der Waals surface area contributed by atoms with Crippen molar-refractivity contribution >= 4 is 40.7 Å². The van der Waals surface area contributed by atoms with Gasteiger partial charge in [0.1, 0.15) is 17.9 Å². The molecule has 0 N–H and O–H groups in total. The average molecular weight is 487 g/mol. The van der Waals surface area contributed by atoms with Gasteiger partial charge in [-0.2, -0.15) is 0 Å². The van der Waals surface area contributed by atoms with Gasteiger partial charge in [-0.25, -0.2) is 19.7 Å². The Morgan fingerprint density at radius 2 is 1.79 bits per heavy atom. The van der Waals surface area contributed by atoms with E-state index in [-0.39, 0.29) is 11.6 Å². The molecule has 12 heteroatoms. The summed E-state index contributed by atoms with van der Waals surface area (Å²) in [5, 5.41) is 0.137. The van der Waals surface area contributed by atoms with Crippen molar-refractivity contribution in [3.8, 4) is 0 Å². The predicted octanol–water partition coefficient (Wildman–Crippen LogP) is 2.24. The van der Waals surface area contributed by atoms with Gasteiger partial charge < -0.3 is 18.9 Å². The molecular weight excluding hydrogens is 468 g/mol. The number of benzene rings is 1. The van der Waals surface area contributed by atoms with Crippen molar-refractivity contribution in [3.63, 3.8) is 0 Å². The third-order valence-corrected chi connectivity index (χ3v) is 6.01. The Morgan fingerprint density at radius 1 is 1.06 bits per heavy atom. The molecule has 2 unspecified atom stereocenters. The van der Waals surface area contributed by atoms with E-state index in [1.54, 1.807) is 30.3 Å². The smallest absolute Gasteiger partial charge is 0.338 e. The number of halogens is 1. The molecule has 0 radical (unpaired) electrons. The lowest BCUT2D eigenvalue weighted by atomic mass is 10.1. The third-order valence-electron chi connectivity index (χ3n) is 5.73. The summed E-state index contributed by atoms with van der Waals surface area (Å²) in [7, 11) is 0. The van der Waals surface area contributed by atoms with Crippen LogP contribution in [0, 0.1) is 0 Å². The lowest BCUT2D eigenvalue weighted by molar-refractivity contribution is -0.166. The molecule has 176 valence electrons. The highest BCUT2D eigenvalue weighted by Gasteiger charge is 2.74. The lowest BCUT2D eigenvalue weighted by Crippen LogP contribution is -2.41. The standard InChI is InChI=1S/C22H19ClN4O7/c1-11(28)31-16-17(32-12(2)29)22(8-14(22)33-21(30)13-6-4-3-5-7-13)34-20(16)27-10-26-15-18(23)24-9-25-19(15)27/h3-7,9-10,14,16-17,20H,8H2,1-2H3/t14-,16?,17-,20?,22-/m1/s1. The quantitative estimate of drug-likeness (QED) is 0.300. The first-order valence-corrected chi connectivity index (χ1v) is 10.8. The Balaban J connectivity index is 1.50. The maximum absolute atomic E-state index is 12.6. The van der Waals surface area contributed by atoms with Crippen LogP contribution in [0.3, 0.4) is 0 Å². The Hall–Kier alpha value is -3.57. The van der Waals surface area contributed by atoms with Crippen molar-refractivity contribution in [1.29, 1.82) is 0 Å². The zero-order valence-electron chi connectivity index (χ0n) is 18.1. The largest absolute Gasteiger partial charge is 0.455 e. The number of imidazole rings is 1. The van der Waals surface area contributed by atoms with Crippen LogP contribution in [0.1, 0.15) is 36.9 Å². The second-order valence-electron chi connectivity index (χ2n) is 8.02. The number of rotatable bonds is 5. The molecule has 1 saturated heterocycles. The number of aromatic nitrogens is 4. The van der Waals surface area contributed by atoms with Crippen molar-refractivity contribution in [2.24, 2.45) is 0 Å². The highest BCUT2D eigenvalue weighted by atomic mass is 35.5. The molecule has 0 amide bonds. The number of ether oxygens (including phenoxy) is 4. The predicted molar refractivity (Wildman–Crippen MR) is 115 cm³/mol. The summed E-state index contributed by atoms with van der Waals surface area (Å²) in [4.78, 5) is 48.9. The first-order valence-electron chi connectivity index (χ1n) is 10.4. The molecule has 3 heterocycles. The molecule has 2 fully saturated rings. The number of carbonyl (C=O) groups excluding carboxylic acids is 3. The summed E-state index contributed by atoms with van der Waals surface area (Å²) in [6.07, 6.45) is -0.899. The fourth-order valence-corrected chi connectivity index (χ4v) is 4.41. The van der Waals surface area contributed by atoms with Crippen LogP contribution in [-0.2, 0) is 28.5 Å². The average Bonchev–Trinajstić information content (AvgIpc) is 3.16. The molecule has 34 heavy (non-hydrogen) atoms. The van der Waals surface area contributed by atoms with Gasteiger partial charge in [-0.3, -0.25) is 14.2 Å². The van der Waals surface area contributed by atoms with Crippen molar-refractivity contribution < 1.29 is 33.3 Å². The van der Waals surface area contributed by atoms with Crippen LogP contribution in [0.2, 0.25) is 5.15 Å². The van der Waals surface area contributed by atoms with Crippen LogP contribution in [0.15, 0.2) is 43.0 Å². The molecule has 5 rings (SSSR count). The third kappa shape index (κ3) is 3.76. The maximum Gasteiger partial charge on any atom is 0.338 e. The molecule has 1 aliphatic heterocycles. The van der Waals surface area contributed by atoms with E-state index >= 15 is 0 Å². The summed E-state index contributed by atoms with van der Waals surface area (Å²) >= 11 is 6.12. The first kappa shape index (κ1) is 22.2. The van der Waals surface area contributed by atoms with Gasteiger partial charge in [0.25, 0.3) is 0 Å².